The van der Waals surface area contributed by atoms with E-state index in [0.29, 0.717) is 5.65 Å². The number of likely N-dealkylation sites (tertiary alicyclic amines) is 1. The molecule has 0 N–H and O–H groups in total. The summed E-state index contributed by atoms with van der Waals surface area (Å²) in [5.41, 5.74) is 2.07. The fourth-order valence-electron chi connectivity index (χ4n) is 3.10. The van der Waals surface area contributed by atoms with E-state index in [0.717, 1.165) is 37.2 Å². The first-order valence-electron chi connectivity index (χ1n) is 8.29. The fraction of sp³-hybridized carbons (Fsp3) is 0.353. The number of amides is 1. The van der Waals surface area contributed by atoms with E-state index in [9.17, 15) is 9.59 Å². The van der Waals surface area contributed by atoms with Crippen molar-refractivity contribution in [2.75, 3.05) is 13.1 Å². The predicted molar refractivity (Wildman–Crippen MR) is 91.5 cm³/mol. The van der Waals surface area contributed by atoms with E-state index in [4.69, 9.17) is 0 Å². The third-order valence-corrected chi connectivity index (χ3v) is 4.44. The van der Waals surface area contributed by atoms with Crippen molar-refractivity contribution in [3.05, 3.63) is 46.5 Å². The number of aryl methyl sites for hydroxylation is 1. The van der Waals surface area contributed by atoms with Gasteiger partial charge in [-0.05, 0) is 37.5 Å². The maximum absolute atomic E-state index is 12.6. The maximum Gasteiger partial charge on any atom is 0.284 e. The van der Waals surface area contributed by atoms with E-state index in [1.54, 1.807) is 4.90 Å². The first-order chi connectivity index (χ1) is 12.1. The average Bonchev–Trinajstić information content (AvgIpc) is 3.27. The Morgan fingerprint density at radius 1 is 1.24 bits per heavy atom. The van der Waals surface area contributed by atoms with Crippen molar-refractivity contribution < 1.29 is 4.79 Å². The number of benzene rings is 1. The van der Waals surface area contributed by atoms with E-state index < -0.39 is 0 Å². The Kier molecular flexibility index (Phi) is 3.79. The molecule has 25 heavy (non-hydrogen) atoms. The second-order valence-corrected chi connectivity index (χ2v) is 6.28. The summed E-state index contributed by atoms with van der Waals surface area (Å²) in [5, 5.41) is 8.04. The highest BCUT2D eigenvalue weighted by Crippen LogP contribution is 2.13. The van der Waals surface area contributed by atoms with Crippen LogP contribution in [0.2, 0.25) is 0 Å². The molecule has 8 nitrogen and oxygen atoms in total. The lowest BCUT2D eigenvalue weighted by Crippen LogP contribution is -2.34. The SMILES string of the molecule is Cc1cccc(-n2nnc3c(=O)n(CC(=O)N4CCCC4)cnc32)c1. The molecule has 8 heteroatoms. The zero-order valence-corrected chi connectivity index (χ0v) is 13.9. The number of fused-ring (bicyclic) bond motifs is 1. The highest BCUT2D eigenvalue weighted by atomic mass is 16.2. The monoisotopic (exact) mass is 338 g/mol. The van der Waals surface area contributed by atoms with E-state index in [2.05, 4.69) is 15.3 Å². The molecule has 0 spiro atoms. The van der Waals surface area contributed by atoms with Gasteiger partial charge in [0.1, 0.15) is 12.9 Å². The molecule has 1 aliphatic heterocycles. The Balaban J connectivity index is 1.70. The predicted octanol–water partition coefficient (Wildman–Crippen LogP) is 0.908. The molecule has 3 heterocycles. The zero-order chi connectivity index (χ0) is 17.4. The first kappa shape index (κ1) is 15.5. The van der Waals surface area contributed by atoms with Gasteiger partial charge in [0.15, 0.2) is 11.2 Å². The molecular weight excluding hydrogens is 320 g/mol. The molecule has 0 atom stereocenters. The summed E-state index contributed by atoms with van der Waals surface area (Å²) < 4.78 is 2.84. The minimum atomic E-state index is -0.351. The van der Waals surface area contributed by atoms with Crippen LogP contribution in [-0.4, -0.2) is 48.4 Å². The maximum atomic E-state index is 12.6. The summed E-state index contributed by atoms with van der Waals surface area (Å²) in [7, 11) is 0. The minimum Gasteiger partial charge on any atom is -0.341 e. The van der Waals surface area contributed by atoms with Crippen LogP contribution in [0.15, 0.2) is 35.4 Å². The summed E-state index contributed by atoms with van der Waals surface area (Å²) in [6.45, 7) is 3.48. The van der Waals surface area contributed by atoms with Crippen molar-refractivity contribution in [3.63, 3.8) is 0 Å². The molecule has 0 saturated carbocycles. The summed E-state index contributed by atoms with van der Waals surface area (Å²) in [6, 6.07) is 7.71. The number of carbonyl (C=O) groups excluding carboxylic acids is 1. The molecule has 1 fully saturated rings. The standard InChI is InChI=1S/C17H18N6O2/c1-12-5-4-6-13(9-12)23-16-15(19-20-23)17(25)22(11-18-16)10-14(24)21-7-2-3-8-21/h4-6,9,11H,2-3,7-8,10H2,1H3. The first-order valence-corrected chi connectivity index (χ1v) is 8.29. The van der Waals surface area contributed by atoms with Gasteiger partial charge in [-0.3, -0.25) is 14.2 Å². The summed E-state index contributed by atoms with van der Waals surface area (Å²) in [4.78, 5) is 31.0. The smallest absolute Gasteiger partial charge is 0.284 e. The van der Waals surface area contributed by atoms with Crippen LogP contribution in [0.1, 0.15) is 18.4 Å². The van der Waals surface area contributed by atoms with Crippen LogP contribution in [-0.2, 0) is 11.3 Å². The Hall–Kier alpha value is -3.03. The van der Waals surface area contributed by atoms with Crippen molar-refractivity contribution >= 4 is 17.1 Å². The quantitative estimate of drug-likeness (QED) is 0.708. The van der Waals surface area contributed by atoms with Gasteiger partial charge in [-0.15, -0.1) is 5.10 Å². The van der Waals surface area contributed by atoms with Gasteiger partial charge < -0.3 is 4.90 Å². The second kappa shape index (κ2) is 6.12. The molecule has 0 radical (unpaired) electrons. The lowest BCUT2D eigenvalue weighted by atomic mass is 10.2. The largest absolute Gasteiger partial charge is 0.341 e. The van der Waals surface area contributed by atoms with E-state index in [-0.39, 0.29) is 23.5 Å². The van der Waals surface area contributed by atoms with Crippen molar-refractivity contribution in [3.8, 4) is 5.69 Å². The van der Waals surface area contributed by atoms with Crippen LogP contribution in [0.5, 0.6) is 0 Å². The second-order valence-electron chi connectivity index (χ2n) is 6.28. The number of carbonyl (C=O) groups is 1. The van der Waals surface area contributed by atoms with E-state index in [1.807, 2.05) is 31.2 Å². The Labute approximate surface area is 143 Å². The molecule has 1 amide bonds. The average molecular weight is 338 g/mol. The molecule has 1 aromatic carbocycles. The highest BCUT2D eigenvalue weighted by Gasteiger charge is 2.20. The number of nitrogens with zero attached hydrogens (tertiary/aromatic N) is 6. The van der Waals surface area contributed by atoms with Crippen molar-refractivity contribution in [1.29, 1.82) is 0 Å². The Bertz CT molecular complexity index is 1000. The lowest BCUT2D eigenvalue weighted by Gasteiger charge is -2.15. The summed E-state index contributed by atoms with van der Waals surface area (Å²) >= 11 is 0. The van der Waals surface area contributed by atoms with Gasteiger partial charge in [-0.2, -0.15) is 4.68 Å². The normalized spacial score (nSPS) is 14.4. The van der Waals surface area contributed by atoms with Crippen molar-refractivity contribution in [1.82, 2.24) is 29.4 Å². The number of hydrogen-bond acceptors (Lipinski definition) is 5. The molecule has 0 unspecified atom stereocenters. The van der Waals surface area contributed by atoms with Crippen LogP contribution in [0, 0.1) is 6.92 Å². The molecule has 128 valence electrons. The number of rotatable bonds is 3. The fourth-order valence-corrected chi connectivity index (χ4v) is 3.10. The van der Waals surface area contributed by atoms with Gasteiger partial charge in [0, 0.05) is 13.1 Å². The van der Waals surface area contributed by atoms with Gasteiger partial charge >= 0.3 is 0 Å². The topological polar surface area (TPSA) is 85.9 Å². The van der Waals surface area contributed by atoms with Gasteiger partial charge in [-0.25, -0.2) is 4.98 Å². The molecule has 1 aliphatic rings. The van der Waals surface area contributed by atoms with Crippen LogP contribution < -0.4 is 5.56 Å². The number of aromatic nitrogens is 5. The van der Waals surface area contributed by atoms with Crippen LogP contribution >= 0.6 is 0 Å². The minimum absolute atomic E-state index is 0.0148. The van der Waals surface area contributed by atoms with Crippen LogP contribution in [0.4, 0.5) is 0 Å². The van der Waals surface area contributed by atoms with Crippen molar-refractivity contribution in [2.24, 2.45) is 0 Å². The Morgan fingerprint density at radius 3 is 2.80 bits per heavy atom. The van der Waals surface area contributed by atoms with Gasteiger partial charge in [0.05, 0.1) is 5.69 Å². The van der Waals surface area contributed by atoms with E-state index >= 15 is 0 Å². The molecule has 3 aromatic rings. The van der Waals surface area contributed by atoms with E-state index in [1.165, 1.54) is 15.6 Å². The summed E-state index contributed by atoms with van der Waals surface area (Å²) in [6.07, 6.45) is 3.43. The zero-order valence-electron chi connectivity index (χ0n) is 13.9. The molecule has 1 saturated heterocycles. The molecular formula is C17H18N6O2. The van der Waals surface area contributed by atoms with Crippen LogP contribution in [0.3, 0.4) is 0 Å². The highest BCUT2D eigenvalue weighted by molar-refractivity contribution is 5.77. The van der Waals surface area contributed by atoms with Gasteiger partial charge in [0.25, 0.3) is 5.56 Å². The van der Waals surface area contributed by atoms with Crippen molar-refractivity contribution in [2.45, 2.75) is 26.3 Å². The third-order valence-electron chi connectivity index (χ3n) is 4.44. The Morgan fingerprint density at radius 2 is 2.04 bits per heavy atom. The molecule has 0 bridgehead atoms. The molecule has 2 aromatic heterocycles. The van der Waals surface area contributed by atoms with Crippen LogP contribution in [0.25, 0.3) is 16.9 Å². The molecule has 0 aliphatic carbocycles. The summed E-state index contributed by atoms with van der Waals surface area (Å²) in [5.74, 6) is -0.0631. The van der Waals surface area contributed by atoms with Gasteiger partial charge in [-0.1, -0.05) is 17.3 Å². The number of hydrogen-bond donors (Lipinski definition) is 0. The lowest BCUT2D eigenvalue weighted by molar-refractivity contribution is -0.130. The van der Waals surface area contributed by atoms with Gasteiger partial charge in [0.2, 0.25) is 5.91 Å². The molecule has 4 rings (SSSR count). The third kappa shape index (κ3) is 2.79.